The van der Waals surface area contributed by atoms with Crippen LogP contribution in [0.4, 0.5) is 5.82 Å². The molecule has 7 heteroatoms. The maximum absolute atomic E-state index is 11.6. The Kier molecular flexibility index (Phi) is 2.77. The Morgan fingerprint density at radius 3 is 2.88 bits per heavy atom. The van der Waals surface area contributed by atoms with E-state index in [0.29, 0.717) is 6.54 Å². The van der Waals surface area contributed by atoms with Crippen molar-refractivity contribution in [3.8, 4) is 0 Å². The Morgan fingerprint density at radius 2 is 2.25 bits per heavy atom. The summed E-state index contributed by atoms with van der Waals surface area (Å²) < 4.78 is 0. The average Bonchev–Trinajstić information content (AvgIpc) is 2.80. The molecule has 0 aromatic carbocycles. The maximum atomic E-state index is 11.6. The molecule has 2 heterocycles. The van der Waals surface area contributed by atoms with Gasteiger partial charge in [-0.1, -0.05) is 0 Å². The molecule has 0 bridgehead atoms. The number of hydrogen-bond acceptors (Lipinski definition) is 5. The quantitative estimate of drug-likeness (QED) is 0.655. The lowest BCUT2D eigenvalue weighted by Gasteiger charge is -2.02. The highest BCUT2D eigenvalue weighted by Crippen LogP contribution is 1.97. The third-order valence-corrected chi connectivity index (χ3v) is 1.90. The van der Waals surface area contributed by atoms with E-state index in [1.807, 2.05) is 0 Å². The molecule has 4 N–H and O–H groups in total. The molecule has 0 unspecified atom stereocenters. The second kappa shape index (κ2) is 4.39. The lowest BCUT2D eigenvalue weighted by molar-refractivity contribution is 0.0945. The van der Waals surface area contributed by atoms with E-state index < -0.39 is 0 Å². The standard InChI is InChI=1S/C9H10N6O/c10-8-4-12-7(3-13-8)9(16)14-2-6-1-11-5-15-6/h1,3-5H,2H2,(H2,10,13)(H,11,15)(H,14,16). The molecule has 1 amide bonds. The highest BCUT2D eigenvalue weighted by atomic mass is 16.1. The molecular weight excluding hydrogens is 208 g/mol. The molecule has 2 aromatic heterocycles. The summed E-state index contributed by atoms with van der Waals surface area (Å²) in [6.07, 6.45) is 5.85. The number of nitrogens with two attached hydrogens (primary N) is 1. The van der Waals surface area contributed by atoms with Crippen LogP contribution in [0.5, 0.6) is 0 Å². The Morgan fingerprint density at radius 1 is 1.38 bits per heavy atom. The maximum Gasteiger partial charge on any atom is 0.271 e. The molecule has 0 aliphatic carbocycles. The number of aromatic nitrogens is 4. The summed E-state index contributed by atoms with van der Waals surface area (Å²) >= 11 is 0. The molecule has 16 heavy (non-hydrogen) atoms. The first-order chi connectivity index (χ1) is 7.75. The van der Waals surface area contributed by atoms with Gasteiger partial charge < -0.3 is 16.0 Å². The minimum atomic E-state index is -0.304. The van der Waals surface area contributed by atoms with E-state index in [4.69, 9.17) is 5.73 Å². The number of imidazole rings is 1. The Balaban J connectivity index is 1.95. The number of hydrogen-bond donors (Lipinski definition) is 3. The van der Waals surface area contributed by atoms with Gasteiger partial charge in [-0.2, -0.15) is 0 Å². The van der Waals surface area contributed by atoms with Crippen molar-refractivity contribution in [1.29, 1.82) is 0 Å². The first-order valence-corrected chi connectivity index (χ1v) is 4.58. The first-order valence-electron chi connectivity index (χ1n) is 4.58. The van der Waals surface area contributed by atoms with Crippen LogP contribution in [0.2, 0.25) is 0 Å². The highest BCUT2D eigenvalue weighted by Gasteiger charge is 2.07. The van der Waals surface area contributed by atoms with Gasteiger partial charge in [0.15, 0.2) is 0 Å². The van der Waals surface area contributed by atoms with Crippen LogP contribution in [-0.2, 0) is 6.54 Å². The summed E-state index contributed by atoms with van der Waals surface area (Å²) in [5.74, 6) is -0.0211. The summed E-state index contributed by atoms with van der Waals surface area (Å²) in [5, 5.41) is 2.67. The van der Waals surface area contributed by atoms with E-state index in [1.54, 1.807) is 12.5 Å². The van der Waals surface area contributed by atoms with Gasteiger partial charge in [-0.25, -0.2) is 15.0 Å². The SMILES string of the molecule is Nc1cnc(C(=O)NCc2cnc[nH]2)cn1. The summed E-state index contributed by atoms with van der Waals surface area (Å²) in [4.78, 5) is 25.9. The largest absolute Gasteiger partial charge is 0.382 e. The number of amides is 1. The number of nitrogens with one attached hydrogen (secondary N) is 2. The number of carbonyl (C=O) groups excluding carboxylic acids is 1. The topological polar surface area (TPSA) is 110 Å². The Hall–Kier alpha value is -2.44. The van der Waals surface area contributed by atoms with Gasteiger partial charge in [0.05, 0.1) is 31.0 Å². The van der Waals surface area contributed by atoms with E-state index in [2.05, 4.69) is 25.3 Å². The van der Waals surface area contributed by atoms with Crippen molar-refractivity contribution in [2.24, 2.45) is 0 Å². The third kappa shape index (κ3) is 2.32. The van der Waals surface area contributed by atoms with Crippen LogP contribution in [0.15, 0.2) is 24.9 Å². The van der Waals surface area contributed by atoms with Crippen LogP contribution in [0.25, 0.3) is 0 Å². The molecule has 7 nitrogen and oxygen atoms in total. The number of nitrogens with zero attached hydrogens (tertiary/aromatic N) is 3. The van der Waals surface area contributed by atoms with E-state index >= 15 is 0 Å². The molecule has 2 aromatic rings. The van der Waals surface area contributed by atoms with Gasteiger partial charge >= 0.3 is 0 Å². The van der Waals surface area contributed by atoms with Crippen LogP contribution in [-0.4, -0.2) is 25.8 Å². The third-order valence-electron chi connectivity index (χ3n) is 1.90. The van der Waals surface area contributed by atoms with Gasteiger partial charge in [0, 0.05) is 6.20 Å². The van der Waals surface area contributed by atoms with Crippen molar-refractivity contribution in [3.05, 3.63) is 36.3 Å². The molecule has 0 atom stereocenters. The predicted molar refractivity (Wildman–Crippen MR) is 56.2 cm³/mol. The summed E-state index contributed by atoms with van der Waals surface area (Å²) in [6, 6.07) is 0. The second-order valence-corrected chi connectivity index (χ2v) is 3.09. The van der Waals surface area contributed by atoms with E-state index in [0.717, 1.165) is 5.69 Å². The smallest absolute Gasteiger partial charge is 0.271 e. The Labute approximate surface area is 91.1 Å². The lowest BCUT2D eigenvalue weighted by atomic mass is 10.4. The number of carbonyl (C=O) groups is 1. The van der Waals surface area contributed by atoms with Crippen molar-refractivity contribution >= 4 is 11.7 Å². The van der Waals surface area contributed by atoms with E-state index in [9.17, 15) is 4.79 Å². The van der Waals surface area contributed by atoms with Crippen molar-refractivity contribution in [2.75, 3.05) is 5.73 Å². The van der Waals surface area contributed by atoms with Gasteiger partial charge in [0.25, 0.3) is 5.91 Å². The van der Waals surface area contributed by atoms with Crippen molar-refractivity contribution in [2.45, 2.75) is 6.54 Å². The van der Waals surface area contributed by atoms with E-state index in [1.165, 1.54) is 12.4 Å². The van der Waals surface area contributed by atoms with Crippen LogP contribution < -0.4 is 11.1 Å². The molecule has 0 aliphatic rings. The molecule has 0 saturated heterocycles. The predicted octanol–water partition coefficient (Wildman–Crippen LogP) is -0.288. The fourth-order valence-corrected chi connectivity index (χ4v) is 1.10. The summed E-state index contributed by atoms with van der Waals surface area (Å²) in [6.45, 7) is 0.366. The average molecular weight is 218 g/mol. The summed E-state index contributed by atoms with van der Waals surface area (Å²) in [7, 11) is 0. The van der Waals surface area contributed by atoms with Crippen LogP contribution in [0.1, 0.15) is 16.2 Å². The molecule has 0 spiro atoms. The fraction of sp³-hybridized carbons (Fsp3) is 0.111. The van der Waals surface area contributed by atoms with Crippen molar-refractivity contribution in [1.82, 2.24) is 25.3 Å². The molecule has 0 aliphatic heterocycles. The minimum absolute atomic E-state index is 0.230. The number of nitrogen functional groups attached to an aromatic ring is 1. The number of rotatable bonds is 3. The van der Waals surface area contributed by atoms with E-state index in [-0.39, 0.29) is 17.4 Å². The second-order valence-electron chi connectivity index (χ2n) is 3.09. The zero-order valence-corrected chi connectivity index (χ0v) is 8.34. The fourth-order valence-electron chi connectivity index (χ4n) is 1.10. The molecule has 0 fully saturated rings. The number of aromatic amines is 1. The molecule has 2 rings (SSSR count). The minimum Gasteiger partial charge on any atom is -0.382 e. The van der Waals surface area contributed by atoms with Gasteiger partial charge in [0.1, 0.15) is 11.5 Å². The molecule has 82 valence electrons. The first kappa shape index (κ1) is 10.1. The lowest BCUT2D eigenvalue weighted by Crippen LogP contribution is -2.24. The zero-order chi connectivity index (χ0) is 11.4. The number of anilines is 1. The van der Waals surface area contributed by atoms with Gasteiger partial charge in [0.2, 0.25) is 0 Å². The normalized spacial score (nSPS) is 10.0. The molecule has 0 saturated carbocycles. The van der Waals surface area contributed by atoms with Crippen LogP contribution in [0.3, 0.4) is 0 Å². The zero-order valence-electron chi connectivity index (χ0n) is 8.34. The van der Waals surface area contributed by atoms with Crippen molar-refractivity contribution < 1.29 is 4.79 Å². The molecular formula is C9H10N6O. The van der Waals surface area contributed by atoms with Gasteiger partial charge in [-0.3, -0.25) is 4.79 Å². The van der Waals surface area contributed by atoms with Gasteiger partial charge in [-0.15, -0.1) is 0 Å². The Bertz CT molecular complexity index is 463. The van der Waals surface area contributed by atoms with Crippen molar-refractivity contribution in [3.63, 3.8) is 0 Å². The van der Waals surface area contributed by atoms with Crippen LogP contribution in [0, 0.1) is 0 Å². The van der Waals surface area contributed by atoms with Crippen LogP contribution >= 0.6 is 0 Å². The monoisotopic (exact) mass is 218 g/mol. The summed E-state index contributed by atoms with van der Waals surface area (Å²) in [5.41, 5.74) is 6.41. The highest BCUT2D eigenvalue weighted by molar-refractivity contribution is 5.91. The van der Waals surface area contributed by atoms with Gasteiger partial charge in [-0.05, 0) is 0 Å². The molecule has 0 radical (unpaired) electrons. The number of H-pyrrole nitrogens is 1.